The Kier molecular flexibility index (Phi) is 8.92. The Morgan fingerprint density at radius 1 is 1.07 bits per heavy atom. The highest BCUT2D eigenvalue weighted by molar-refractivity contribution is 7.37. The summed E-state index contributed by atoms with van der Waals surface area (Å²) in [4.78, 5) is 0. The molecule has 1 N–H and O–H groups in total. The molecule has 0 rings (SSSR count). The van der Waals surface area contributed by atoms with Crippen LogP contribution >= 0.6 is 8.58 Å². The van der Waals surface area contributed by atoms with Gasteiger partial charge in [0.1, 0.15) is 0 Å². The Balaban J connectivity index is 3.26. The van der Waals surface area contributed by atoms with Gasteiger partial charge in [-0.25, -0.2) is 0 Å². The zero-order chi connectivity index (χ0) is 10.9. The van der Waals surface area contributed by atoms with Crippen molar-refractivity contribution in [3.05, 3.63) is 0 Å². The Morgan fingerprint density at radius 2 is 1.79 bits per heavy atom. The molecule has 0 bridgehead atoms. The van der Waals surface area contributed by atoms with Gasteiger partial charge in [0.05, 0.1) is 0 Å². The van der Waals surface area contributed by atoms with Gasteiger partial charge in [-0.15, -0.1) is 8.58 Å². The van der Waals surface area contributed by atoms with Crippen LogP contribution in [-0.2, 0) is 0 Å². The normalized spacial score (nSPS) is 12.9. The van der Waals surface area contributed by atoms with E-state index in [9.17, 15) is 0 Å². The van der Waals surface area contributed by atoms with Crippen LogP contribution in [0.25, 0.3) is 0 Å². The van der Waals surface area contributed by atoms with Gasteiger partial charge >= 0.3 is 0 Å². The molecule has 86 valence electrons. The minimum absolute atomic E-state index is 0.537. The topological polar surface area (TPSA) is 12.0 Å². The lowest BCUT2D eigenvalue weighted by Crippen LogP contribution is -2.21. The van der Waals surface area contributed by atoms with E-state index in [1.54, 1.807) is 0 Å². The first kappa shape index (κ1) is 14.4. The van der Waals surface area contributed by atoms with Gasteiger partial charge in [0.2, 0.25) is 0 Å². The second kappa shape index (κ2) is 8.68. The maximum atomic E-state index is 3.55. The van der Waals surface area contributed by atoms with Crippen LogP contribution in [0.2, 0.25) is 0 Å². The average molecular weight is 217 g/mol. The van der Waals surface area contributed by atoms with Crippen LogP contribution in [0.3, 0.4) is 0 Å². The number of rotatable bonds is 9. The van der Waals surface area contributed by atoms with Crippen molar-refractivity contribution in [1.29, 1.82) is 0 Å². The second-order valence-corrected chi connectivity index (χ2v) is 6.19. The molecule has 0 radical (unpaired) electrons. The molecule has 0 fully saturated rings. The van der Waals surface area contributed by atoms with Crippen molar-refractivity contribution in [2.75, 3.05) is 19.0 Å². The third-order valence-electron chi connectivity index (χ3n) is 2.58. The van der Waals surface area contributed by atoms with E-state index in [0.29, 0.717) is 5.41 Å². The number of nitrogens with one attached hydrogen (secondary N) is 1. The summed E-state index contributed by atoms with van der Waals surface area (Å²) in [6.07, 6.45) is 7.94. The fourth-order valence-electron chi connectivity index (χ4n) is 1.67. The molecule has 0 aromatic rings. The summed E-state index contributed by atoms with van der Waals surface area (Å²) in [5.74, 6) is 0. The standard InChI is InChI=1S/C12H28NP/c1-5-7-12(3,4)8-9-13-11-14-10-6-2/h13-14H,5-11H2,1-4H3. The molecular weight excluding hydrogens is 189 g/mol. The highest BCUT2D eigenvalue weighted by atomic mass is 31.1. The largest absolute Gasteiger partial charge is 0.313 e. The molecule has 0 saturated carbocycles. The molecule has 0 aromatic heterocycles. The quantitative estimate of drug-likeness (QED) is 0.457. The average Bonchev–Trinajstić information content (AvgIpc) is 2.11. The molecule has 0 heterocycles. The maximum absolute atomic E-state index is 3.55. The van der Waals surface area contributed by atoms with Crippen molar-refractivity contribution in [3.8, 4) is 0 Å². The minimum atomic E-state index is 0.537. The summed E-state index contributed by atoms with van der Waals surface area (Å²) < 4.78 is 0. The van der Waals surface area contributed by atoms with Crippen molar-refractivity contribution < 1.29 is 0 Å². The molecule has 0 aliphatic rings. The molecule has 14 heavy (non-hydrogen) atoms. The van der Waals surface area contributed by atoms with Crippen LogP contribution in [0.15, 0.2) is 0 Å². The van der Waals surface area contributed by atoms with E-state index in [1.165, 1.54) is 44.7 Å². The van der Waals surface area contributed by atoms with Crippen LogP contribution in [0, 0.1) is 5.41 Å². The molecule has 1 atom stereocenters. The first-order valence-corrected chi connectivity index (χ1v) is 7.45. The van der Waals surface area contributed by atoms with Gasteiger partial charge < -0.3 is 5.32 Å². The minimum Gasteiger partial charge on any atom is -0.313 e. The number of hydrogen-bond acceptors (Lipinski definition) is 1. The lowest BCUT2D eigenvalue weighted by atomic mass is 9.85. The Morgan fingerprint density at radius 3 is 2.36 bits per heavy atom. The van der Waals surface area contributed by atoms with E-state index >= 15 is 0 Å². The van der Waals surface area contributed by atoms with Crippen LogP contribution in [0.1, 0.15) is 53.4 Å². The summed E-state index contributed by atoms with van der Waals surface area (Å²) >= 11 is 0. The molecule has 0 aliphatic carbocycles. The monoisotopic (exact) mass is 217 g/mol. The molecule has 2 heteroatoms. The zero-order valence-electron chi connectivity index (χ0n) is 10.4. The predicted molar refractivity (Wildman–Crippen MR) is 69.6 cm³/mol. The second-order valence-electron chi connectivity index (χ2n) is 4.84. The molecule has 0 spiro atoms. The smallest absolute Gasteiger partial charge is 0.0127 e. The van der Waals surface area contributed by atoms with Gasteiger partial charge in [-0.1, -0.05) is 40.5 Å². The van der Waals surface area contributed by atoms with Crippen molar-refractivity contribution in [3.63, 3.8) is 0 Å². The lowest BCUT2D eigenvalue weighted by Gasteiger charge is -2.23. The van der Waals surface area contributed by atoms with Gasteiger partial charge in [-0.3, -0.25) is 0 Å². The van der Waals surface area contributed by atoms with E-state index < -0.39 is 0 Å². The highest BCUT2D eigenvalue weighted by Gasteiger charge is 2.15. The van der Waals surface area contributed by atoms with Crippen LogP contribution in [-0.4, -0.2) is 19.0 Å². The van der Waals surface area contributed by atoms with Crippen molar-refractivity contribution in [2.24, 2.45) is 5.41 Å². The van der Waals surface area contributed by atoms with E-state index in [1.807, 2.05) is 0 Å². The van der Waals surface area contributed by atoms with Crippen LogP contribution < -0.4 is 5.32 Å². The summed E-state index contributed by atoms with van der Waals surface area (Å²) in [6, 6.07) is 0. The van der Waals surface area contributed by atoms with E-state index in [-0.39, 0.29) is 0 Å². The zero-order valence-corrected chi connectivity index (χ0v) is 11.4. The fourth-order valence-corrected chi connectivity index (χ4v) is 2.55. The molecule has 0 aromatic carbocycles. The summed E-state index contributed by atoms with van der Waals surface area (Å²) in [5.41, 5.74) is 0.537. The molecule has 1 unspecified atom stereocenters. The fraction of sp³-hybridized carbons (Fsp3) is 1.00. The van der Waals surface area contributed by atoms with Gasteiger partial charge in [-0.2, -0.15) is 0 Å². The van der Waals surface area contributed by atoms with Crippen molar-refractivity contribution >= 4 is 8.58 Å². The van der Waals surface area contributed by atoms with Crippen LogP contribution in [0.4, 0.5) is 0 Å². The van der Waals surface area contributed by atoms with Crippen LogP contribution in [0.5, 0.6) is 0 Å². The summed E-state index contributed by atoms with van der Waals surface area (Å²) in [6.45, 7) is 10.5. The van der Waals surface area contributed by atoms with Gasteiger partial charge in [0, 0.05) is 6.29 Å². The molecule has 1 nitrogen and oxygen atoms in total. The van der Waals surface area contributed by atoms with Crippen molar-refractivity contribution in [2.45, 2.75) is 53.4 Å². The van der Waals surface area contributed by atoms with Crippen molar-refractivity contribution in [1.82, 2.24) is 5.32 Å². The summed E-state index contributed by atoms with van der Waals surface area (Å²) in [7, 11) is 1.12. The Hall–Kier alpha value is 0.390. The Labute approximate surface area is 92.2 Å². The molecular formula is C12H28NP. The van der Waals surface area contributed by atoms with Gasteiger partial charge in [0.15, 0.2) is 0 Å². The molecule has 0 aliphatic heterocycles. The SMILES string of the molecule is CCCPCNCCC(C)(C)CCC. The van der Waals surface area contributed by atoms with Gasteiger partial charge in [0.25, 0.3) is 0 Å². The van der Waals surface area contributed by atoms with E-state index in [0.717, 1.165) is 8.58 Å². The highest BCUT2D eigenvalue weighted by Crippen LogP contribution is 2.25. The predicted octanol–water partition coefficient (Wildman–Crippen LogP) is 3.84. The number of hydrogen-bond donors (Lipinski definition) is 1. The third-order valence-corrected chi connectivity index (χ3v) is 3.94. The van der Waals surface area contributed by atoms with Gasteiger partial charge in [-0.05, 0) is 31.0 Å². The van der Waals surface area contributed by atoms with E-state index in [4.69, 9.17) is 0 Å². The van der Waals surface area contributed by atoms with E-state index in [2.05, 4.69) is 33.0 Å². The first-order chi connectivity index (χ1) is 6.62. The first-order valence-electron chi connectivity index (χ1n) is 6.04. The maximum Gasteiger partial charge on any atom is 0.0127 e. The lowest BCUT2D eigenvalue weighted by molar-refractivity contribution is 0.301. The molecule has 0 saturated heterocycles. The molecule has 0 amide bonds. The Bertz CT molecular complexity index is 123. The third kappa shape index (κ3) is 8.97. The summed E-state index contributed by atoms with van der Waals surface area (Å²) in [5, 5.41) is 3.55.